The van der Waals surface area contributed by atoms with Crippen molar-refractivity contribution in [2.24, 2.45) is 0 Å². The van der Waals surface area contributed by atoms with Crippen molar-refractivity contribution >= 4 is 56.2 Å². The van der Waals surface area contributed by atoms with Gasteiger partial charge in [0.25, 0.3) is 0 Å². The number of sulfonamides is 1. The molecule has 0 spiro atoms. The fraction of sp³-hybridized carbons (Fsp3) is 0.259. The number of carbonyl (C=O) groups excluding carboxylic acids is 1. The summed E-state index contributed by atoms with van der Waals surface area (Å²) in [5, 5.41) is 11.6. The van der Waals surface area contributed by atoms with Crippen LogP contribution < -0.4 is 0 Å². The Morgan fingerprint density at radius 1 is 1.05 bits per heavy atom. The van der Waals surface area contributed by atoms with E-state index in [-0.39, 0.29) is 42.6 Å². The third-order valence-corrected chi connectivity index (χ3v) is 9.03. The molecule has 3 aromatic carbocycles. The zero-order valence-electron chi connectivity index (χ0n) is 19.9. The molecule has 1 aliphatic heterocycles. The minimum Gasteiger partial charge on any atom is -0.481 e. The van der Waals surface area contributed by atoms with E-state index in [2.05, 4.69) is 17.6 Å². The van der Waals surface area contributed by atoms with E-state index in [1.54, 1.807) is 24.4 Å². The van der Waals surface area contributed by atoms with Gasteiger partial charge in [-0.1, -0.05) is 48.5 Å². The van der Waals surface area contributed by atoms with E-state index in [1.165, 1.54) is 9.21 Å². The first kappa shape index (κ1) is 25.3. The average molecular weight is 538 g/mol. The summed E-state index contributed by atoms with van der Waals surface area (Å²) in [4.78, 5) is 29.9. The Morgan fingerprint density at radius 2 is 1.78 bits per heavy atom. The summed E-state index contributed by atoms with van der Waals surface area (Å²) >= 11 is 4.52. The number of carboxylic acids is 1. The molecule has 1 amide bonds. The van der Waals surface area contributed by atoms with Gasteiger partial charge >= 0.3 is 5.97 Å². The summed E-state index contributed by atoms with van der Waals surface area (Å²) in [5.74, 6) is -1.46. The highest BCUT2D eigenvalue weighted by molar-refractivity contribution is 7.89. The second-order valence-corrected chi connectivity index (χ2v) is 11.9. The predicted molar refractivity (Wildman–Crippen MR) is 145 cm³/mol. The monoisotopic (exact) mass is 537 g/mol. The number of rotatable bonds is 8. The zero-order chi connectivity index (χ0) is 26.2. The number of nitrogens with zero attached hydrogens (tertiary/aromatic N) is 2. The van der Waals surface area contributed by atoms with E-state index in [4.69, 9.17) is 0 Å². The molecule has 5 rings (SSSR count). The van der Waals surface area contributed by atoms with Crippen LogP contribution in [0.15, 0.2) is 77.8 Å². The number of para-hydroxylation sites is 1. The standard InChI is InChI=1S/C27H27N3O5S2/c31-26(32)11-12-29(16-20-15-28-24-8-4-3-7-23(20)24)27(33)25-14-21(36)17-30(25)37(34,35)22-10-9-18-5-1-2-6-19(18)13-22/h1-10,13,15,21,25,28,36H,11-12,14,16-17H2,(H,31,32)/t21-,25+/m1/s1. The molecule has 0 aliphatic carbocycles. The topological polar surface area (TPSA) is 111 Å². The third kappa shape index (κ3) is 5.09. The summed E-state index contributed by atoms with van der Waals surface area (Å²) < 4.78 is 28.7. The fourth-order valence-electron chi connectivity index (χ4n) is 4.91. The fourth-order valence-corrected chi connectivity index (χ4v) is 7.07. The Kier molecular flexibility index (Phi) is 6.98. The number of benzene rings is 3. The summed E-state index contributed by atoms with van der Waals surface area (Å²) in [6.45, 7) is 0.216. The maximum absolute atomic E-state index is 13.8. The maximum Gasteiger partial charge on any atom is 0.305 e. The Balaban J connectivity index is 1.46. The molecule has 1 fully saturated rings. The van der Waals surface area contributed by atoms with Crippen molar-refractivity contribution in [2.45, 2.75) is 35.6 Å². The second kappa shape index (κ2) is 10.2. The van der Waals surface area contributed by atoms with E-state index < -0.39 is 27.9 Å². The number of carbonyl (C=O) groups is 2. The van der Waals surface area contributed by atoms with Crippen LogP contribution in [0.1, 0.15) is 18.4 Å². The molecule has 0 saturated carbocycles. The number of fused-ring (bicyclic) bond motifs is 2. The predicted octanol–water partition coefficient (Wildman–Crippen LogP) is 3.89. The van der Waals surface area contributed by atoms with Gasteiger partial charge in [0.2, 0.25) is 15.9 Å². The smallest absolute Gasteiger partial charge is 0.305 e. The van der Waals surface area contributed by atoms with Crippen LogP contribution in [0.2, 0.25) is 0 Å². The Bertz CT molecular complexity index is 1580. The molecule has 10 heteroatoms. The molecular weight excluding hydrogens is 510 g/mol. The van der Waals surface area contributed by atoms with Crippen molar-refractivity contribution in [3.05, 3.63) is 78.5 Å². The van der Waals surface area contributed by atoms with Crippen LogP contribution in [-0.4, -0.2) is 64.0 Å². The number of hydrogen-bond donors (Lipinski definition) is 3. The first-order chi connectivity index (χ1) is 17.7. The zero-order valence-corrected chi connectivity index (χ0v) is 21.7. The van der Waals surface area contributed by atoms with Crippen LogP contribution in [-0.2, 0) is 26.2 Å². The lowest BCUT2D eigenvalue weighted by atomic mass is 10.1. The highest BCUT2D eigenvalue weighted by Crippen LogP contribution is 2.32. The molecule has 2 N–H and O–H groups in total. The number of hydrogen-bond acceptors (Lipinski definition) is 5. The average Bonchev–Trinajstić information content (AvgIpc) is 3.49. The van der Waals surface area contributed by atoms with E-state index in [0.29, 0.717) is 0 Å². The van der Waals surface area contributed by atoms with Crippen LogP contribution in [0.5, 0.6) is 0 Å². The van der Waals surface area contributed by atoms with Crippen LogP contribution in [0, 0.1) is 0 Å². The summed E-state index contributed by atoms with van der Waals surface area (Å²) in [6, 6.07) is 19.1. The number of H-pyrrole nitrogens is 1. The molecule has 8 nitrogen and oxygen atoms in total. The van der Waals surface area contributed by atoms with Gasteiger partial charge in [-0.3, -0.25) is 9.59 Å². The molecule has 37 heavy (non-hydrogen) atoms. The number of aliphatic carboxylic acids is 1. The van der Waals surface area contributed by atoms with Crippen molar-refractivity contribution < 1.29 is 23.1 Å². The van der Waals surface area contributed by atoms with Crippen molar-refractivity contribution in [2.75, 3.05) is 13.1 Å². The Labute approximate surface area is 220 Å². The lowest BCUT2D eigenvalue weighted by Crippen LogP contribution is -2.48. The van der Waals surface area contributed by atoms with Gasteiger partial charge in [-0.25, -0.2) is 8.42 Å². The summed E-state index contributed by atoms with van der Waals surface area (Å²) in [7, 11) is -4.00. The highest BCUT2D eigenvalue weighted by Gasteiger charge is 2.44. The van der Waals surface area contributed by atoms with Gasteiger partial charge in [-0.15, -0.1) is 0 Å². The van der Waals surface area contributed by atoms with Crippen molar-refractivity contribution in [1.82, 2.24) is 14.2 Å². The SMILES string of the molecule is O=C(O)CCN(Cc1c[nH]c2ccccc12)C(=O)[C@@H]1C[C@@H](S)CN1S(=O)(=O)c1ccc2ccccc2c1. The van der Waals surface area contributed by atoms with Gasteiger partial charge in [0, 0.05) is 42.0 Å². The molecule has 2 atom stereocenters. The van der Waals surface area contributed by atoms with Crippen molar-refractivity contribution in [3.63, 3.8) is 0 Å². The van der Waals surface area contributed by atoms with E-state index in [0.717, 1.165) is 27.2 Å². The minimum atomic E-state index is -4.00. The quantitative estimate of drug-likeness (QED) is 0.296. The number of carboxylic acid groups (broad SMARTS) is 1. The molecule has 192 valence electrons. The number of thiol groups is 1. The van der Waals surface area contributed by atoms with Gasteiger partial charge in [-0.05, 0) is 41.0 Å². The number of aromatic amines is 1. The largest absolute Gasteiger partial charge is 0.481 e. The van der Waals surface area contributed by atoms with Crippen LogP contribution in [0.4, 0.5) is 0 Å². The Hall–Kier alpha value is -3.34. The van der Waals surface area contributed by atoms with Crippen molar-refractivity contribution in [3.8, 4) is 0 Å². The third-order valence-electron chi connectivity index (χ3n) is 6.79. The van der Waals surface area contributed by atoms with Crippen LogP contribution in [0.25, 0.3) is 21.7 Å². The highest BCUT2D eigenvalue weighted by atomic mass is 32.2. The van der Waals surface area contributed by atoms with Gasteiger partial charge in [0.05, 0.1) is 11.3 Å². The maximum atomic E-state index is 13.8. The van der Waals surface area contributed by atoms with Gasteiger partial charge < -0.3 is 15.0 Å². The van der Waals surface area contributed by atoms with Gasteiger partial charge in [-0.2, -0.15) is 16.9 Å². The second-order valence-electron chi connectivity index (χ2n) is 9.25. The van der Waals surface area contributed by atoms with Gasteiger partial charge in [0.15, 0.2) is 0 Å². The number of amides is 1. The molecule has 0 radical (unpaired) electrons. The van der Waals surface area contributed by atoms with E-state index in [9.17, 15) is 23.1 Å². The van der Waals surface area contributed by atoms with Gasteiger partial charge in [0.1, 0.15) is 6.04 Å². The lowest BCUT2D eigenvalue weighted by molar-refractivity contribution is -0.139. The first-order valence-electron chi connectivity index (χ1n) is 12.0. The van der Waals surface area contributed by atoms with E-state index >= 15 is 0 Å². The summed E-state index contributed by atoms with van der Waals surface area (Å²) in [5.41, 5.74) is 1.73. The molecular formula is C27H27N3O5S2. The number of nitrogens with one attached hydrogen (secondary N) is 1. The molecule has 2 heterocycles. The molecule has 1 aliphatic rings. The molecule has 0 bridgehead atoms. The lowest BCUT2D eigenvalue weighted by Gasteiger charge is -2.29. The minimum absolute atomic E-state index is 0.0364. The normalized spacial score (nSPS) is 18.4. The first-order valence-corrected chi connectivity index (χ1v) is 13.9. The molecule has 1 aromatic heterocycles. The van der Waals surface area contributed by atoms with Crippen LogP contribution in [0.3, 0.4) is 0 Å². The Morgan fingerprint density at radius 3 is 2.57 bits per heavy atom. The van der Waals surface area contributed by atoms with Crippen molar-refractivity contribution in [1.29, 1.82) is 0 Å². The van der Waals surface area contributed by atoms with Crippen LogP contribution >= 0.6 is 12.6 Å². The molecule has 4 aromatic rings. The van der Waals surface area contributed by atoms with E-state index in [1.807, 2.05) is 48.5 Å². The summed E-state index contributed by atoms with van der Waals surface area (Å²) in [6.07, 6.45) is 1.79. The number of aromatic nitrogens is 1. The molecule has 1 saturated heterocycles. The molecule has 0 unspecified atom stereocenters.